The van der Waals surface area contributed by atoms with Crippen LogP contribution in [-0.2, 0) is 11.0 Å². The average molecular weight is 489 g/mol. The molecule has 3 rings (SSSR count). The first-order valence-electron chi connectivity index (χ1n) is 7.56. The summed E-state index contributed by atoms with van der Waals surface area (Å²) in [6, 6.07) is 11.1. The van der Waals surface area contributed by atoms with Gasteiger partial charge in [0, 0.05) is 26.8 Å². The molecule has 1 aromatic heterocycles. The molecule has 0 aliphatic carbocycles. The summed E-state index contributed by atoms with van der Waals surface area (Å²) in [6.45, 7) is -0.361. The van der Waals surface area contributed by atoms with Gasteiger partial charge in [-0.3, -0.25) is 4.79 Å². The lowest BCUT2D eigenvalue weighted by atomic mass is 10.1. The number of nitrogens with one attached hydrogen (secondary N) is 1. The number of carbonyl (C=O) groups excluding carboxylic acids is 1. The molecule has 2 aromatic carbocycles. The predicted molar refractivity (Wildman–Crippen MR) is 101 cm³/mol. The zero-order valence-corrected chi connectivity index (χ0v) is 15.6. The van der Waals surface area contributed by atoms with Crippen molar-refractivity contribution in [3.8, 4) is 5.75 Å². The Balaban J connectivity index is 1.76. The van der Waals surface area contributed by atoms with E-state index >= 15 is 0 Å². The van der Waals surface area contributed by atoms with E-state index in [1.165, 1.54) is 6.07 Å². The fourth-order valence-electron chi connectivity index (χ4n) is 2.38. The molecule has 3 aromatic rings. The fourth-order valence-corrected chi connectivity index (χ4v) is 2.92. The molecule has 140 valence electrons. The summed E-state index contributed by atoms with van der Waals surface area (Å²) in [5.74, 6) is -0.342. The van der Waals surface area contributed by atoms with Crippen LogP contribution in [0.25, 0.3) is 11.0 Å². The van der Waals surface area contributed by atoms with Gasteiger partial charge in [-0.1, -0.05) is 6.07 Å². The highest BCUT2D eigenvalue weighted by Gasteiger charge is 2.33. The van der Waals surface area contributed by atoms with E-state index < -0.39 is 23.3 Å². The van der Waals surface area contributed by atoms with Gasteiger partial charge in [0.2, 0.25) is 0 Å². The highest BCUT2D eigenvalue weighted by molar-refractivity contribution is 14.1. The van der Waals surface area contributed by atoms with E-state index in [9.17, 15) is 22.8 Å². The first-order valence-corrected chi connectivity index (χ1v) is 8.63. The molecule has 5 nitrogen and oxygen atoms in total. The van der Waals surface area contributed by atoms with Crippen LogP contribution in [0.1, 0.15) is 5.56 Å². The maximum absolute atomic E-state index is 13.0. The van der Waals surface area contributed by atoms with Crippen LogP contribution in [0.15, 0.2) is 57.7 Å². The molecular weight excluding hydrogens is 478 g/mol. The van der Waals surface area contributed by atoms with Crippen molar-refractivity contribution >= 4 is 45.2 Å². The Kier molecular flexibility index (Phi) is 5.40. The second kappa shape index (κ2) is 7.59. The molecule has 9 heteroatoms. The molecule has 1 N–H and O–H groups in total. The minimum absolute atomic E-state index is 0.0998. The first kappa shape index (κ1) is 19.2. The number of amides is 1. The fraction of sp³-hybridized carbons (Fsp3) is 0.111. The number of hydrogen-bond donors (Lipinski definition) is 1. The quantitative estimate of drug-likeness (QED) is 0.435. The van der Waals surface area contributed by atoms with Crippen molar-refractivity contribution in [3.63, 3.8) is 0 Å². The highest BCUT2D eigenvalue weighted by Crippen LogP contribution is 2.34. The van der Waals surface area contributed by atoms with Crippen molar-refractivity contribution in [1.29, 1.82) is 0 Å². The van der Waals surface area contributed by atoms with Gasteiger partial charge in [0.1, 0.15) is 11.3 Å². The summed E-state index contributed by atoms with van der Waals surface area (Å²) in [7, 11) is 0. The molecule has 0 saturated heterocycles. The summed E-state index contributed by atoms with van der Waals surface area (Å²) in [6.07, 6.45) is -4.69. The van der Waals surface area contributed by atoms with Gasteiger partial charge < -0.3 is 14.5 Å². The van der Waals surface area contributed by atoms with Gasteiger partial charge in [0.15, 0.2) is 6.61 Å². The van der Waals surface area contributed by atoms with E-state index in [0.29, 0.717) is 11.8 Å². The molecule has 0 unspecified atom stereocenters. The van der Waals surface area contributed by atoms with Crippen molar-refractivity contribution in [1.82, 2.24) is 0 Å². The van der Waals surface area contributed by atoms with Crippen LogP contribution in [0, 0.1) is 3.57 Å². The molecule has 0 bridgehead atoms. The van der Waals surface area contributed by atoms with Gasteiger partial charge in [0.05, 0.1) is 5.56 Å². The molecule has 1 amide bonds. The van der Waals surface area contributed by atoms with E-state index in [1.807, 2.05) is 6.07 Å². The predicted octanol–water partition coefficient (Wildman–Crippen LogP) is 4.43. The number of benzene rings is 2. The average Bonchev–Trinajstić information content (AvgIpc) is 2.58. The van der Waals surface area contributed by atoms with E-state index in [4.69, 9.17) is 9.15 Å². The van der Waals surface area contributed by atoms with E-state index in [1.54, 1.807) is 18.2 Å². The second-order valence-electron chi connectivity index (χ2n) is 5.48. The van der Waals surface area contributed by atoms with Crippen molar-refractivity contribution in [2.24, 2.45) is 0 Å². The van der Waals surface area contributed by atoms with Crippen LogP contribution >= 0.6 is 22.6 Å². The van der Waals surface area contributed by atoms with Gasteiger partial charge in [0.25, 0.3) is 5.91 Å². The van der Waals surface area contributed by atoms with E-state index in [0.717, 1.165) is 15.7 Å². The van der Waals surface area contributed by atoms with E-state index in [-0.39, 0.29) is 23.3 Å². The van der Waals surface area contributed by atoms with Gasteiger partial charge in [-0.15, -0.1) is 0 Å². The Morgan fingerprint density at radius 2 is 1.93 bits per heavy atom. The van der Waals surface area contributed by atoms with Crippen LogP contribution in [0.3, 0.4) is 0 Å². The molecule has 1 heterocycles. The second-order valence-corrected chi connectivity index (χ2v) is 6.73. The molecule has 0 atom stereocenters. The number of ether oxygens (including phenoxy) is 1. The number of rotatable bonds is 4. The summed E-state index contributed by atoms with van der Waals surface area (Å²) < 4.78 is 50.1. The Labute approximate surface area is 164 Å². The van der Waals surface area contributed by atoms with Crippen LogP contribution < -0.4 is 15.7 Å². The summed E-state index contributed by atoms with van der Waals surface area (Å²) >= 11 is 2.10. The lowest BCUT2D eigenvalue weighted by molar-refractivity contribution is -0.136. The first-order chi connectivity index (χ1) is 12.7. The zero-order valence-electron chi connectivity index (χ0n) is 13.5. The molecule has 0 spiro atoms. The number of anilines is 1. The van der Waals surface area contributed by atoms with Crippen LogP contribution in [0.4, 0.5) is 18.9 Å². The normalized spacial score (nSPS) is 11.4. The molecule has 0 aliphatic heterocycles. The van der Waals surface area contributed by atoms with Crippen LogP contribution in [0.2, 0.25) is 0 Å². The number of fused-ring (bicyclic) bond motifs is 1. The van der Waals surface area contributed by atoms with Crippen LogP contribution in [0.5, 0.6) is 5.75 Å². The lowest BCUT2D eigenvalue weighted by Gasteiger charge is -2.11. The summed E-state index contributed by atoms with van der Waals surface area (Å²) in [5, 5.41) is 2.37. The van der Waals surface area contributed by atoms with Crippen molar-refractivity contribution in [2.45, 2.75) is 6.18 Å². The third-order valence-electron chi connectivity index (χ3n) is 3.50. The minimum atomic E-state index is -4.69. The molecule has 0 fully saturated rings. The third kappa shape index (κ3) is 4.79. The highest BCUT2D eigenvalue weighted by atomic mass is 127. The van der Waals surface area contributed by atoms with Gasteiger partial charge in [-0.2, -0.15) is 13.2 Å². The lowest BCUT2D eigenvalue weighted by Crippen LogP contribution is -2.20. The maximum Gasteiger partial charge on any atom is 0.417 e. The third-order valence-corrected chi connectivity index (χ3v) is 4.17. The van der Waals surface area contributed by atoms with Gasteiger partial charge >= 0.3 is 11.8 Å². The SMILES string of the molecule is O=C(COc1ccc2c(C(F)(F)F)cc(=O)oc2c1)Nc1cccc(I)c1. The van der Waals surface area contributed by atoms with Gasteiger partial charge in [-0.05, 0) is 52.9 Å². The van der Waals surface area contributed by atoms with Gasteiger partial charge in [-0.25, -0.2) is 4.79 Å². The number of hydrogen-bond acceptors (Lipinski definition) is 4. The van der Waals surface area contributed by atoms with E-state index in [2.05, 4.69) is 27.9 Å². The smallest absolute Gasteiger partial charge is 0.417 e. The number of halogens is 4. The van der Waals surface area contributed by atoms with Crippen molar-refractivity contribution in [2.75, 3.05) is 11.9 Å². The molecule has 27 heavy (non-hydrogen) atoms. The van der Waals surface area contributed by atoms with Crippen molar-refractivity contribution < 1.29 is 27.1 Å². The Morgan fingerprint density at radius 3 is 2.63 bits per heavy atom. The number of alkyl halides is 3. The Hall–Kier alpha value is -2.56. The standard InChI is InChI=1S/C18H11F3INO4/c19-18(20,21)14-8-17(25)27-15-7-12(4-5-13(14)15)26-9-16(24)23-11-3-1-2-10(22)6-11/h1-8H,9H2,(H,23,24). The zero-order chi connectivity index (χ0) is 19.6. The number of carbonyl (C=O) groups is 1. The van der Waals surface area contributed by atoms with Crippen molar-refractivity contribution in [3.05, 3.63) is 68.1 Å². The monoisotopic (exact) mass is 489 g/mol. The minimum Gasteiger partial charge on any atom is -0.484 e. The molecule has 0 aliphatic rings. The molecular formula is C18H11F3INO4. The Bertz CT molecular complexity index is 1060. The van der Waals surface area contributed by atoms with Crippen LogP contribution in [-0.4, -0.2) is 12.5 Å². The summed E-state index contributed by atoms with van der Waals surface area (Å²) in [5.41, 5.74) is -1.89. The largest absolute Gasteiger partial charge is 0.484 e. The topological polar surface area (TPSA) is 68.5 Å². The summed E-state index contributed by atoms with van der Waals surface area (Å²) in [4.78, 5) is 23.3. The maximum atomic E-state index is 13.0. The molecule has 0 saturated carbocycles. The Morgan fingerprint density at radius 1 is 1.15 bits per heavy atom. The molecule has 0 radical (unpaired) electrons.